The second-order valence-corrected chi connectivity index (χ2v) is 3.64. The van der Waals surface area contributed by atoms with E-state index in [1.807, 2.05) is 24.3 Å². The van der Waals surface area contributed by atoms with E-state index >= 15 is 0 Å². The molecular weight excluding hydrogens is 215 g/mol. The van der Waals surface area contributed by atoms with Gasteiger partial charge in [0.2, 0.25) is 0 Å². The van der Waals surface area contributed by atoms with Gasteiger partial charge in [-0.05, 0) is 29.8 Å². The average molecular weight is 226 g/mol. The highest BCUT2D eigenvalue weighted by Crippen LogP contribution is 2.15. The van der Waals surface area contributed by atoms with Crippen LogP contribution in [-0.4, -0.2) is 0 Å². The highest BCUT2D eigenvalue weighted by Gasteiger charge is 2.00. The second kappa shape index (κ2) is 5.13. The Morgan fingerprint density at radius 1 is 1.12 bits per heavy atom. The number of anilines is 1. The minimum atomic E-state index is -0.252. The topological polar surface area (TPSA) is 35.8 Å². The van der Waals surface area contributed by atoms with Crippen molar-refractivity contribution < 1.29 is 4.39 Å². The van der Waals surface area contributed by atoms with Crippen molar-refractivity contribution in [2.45, 2.75) is 6.54 Å². The molecule has 0 heterocycles. The zero-order valence-corrected chi connectivity index (χ0v) is 9.15. The molecule has 0 radical (unpaired) electrons. The van der Waals surface area contributed by atoms with Crippen LogP contribution in [0.4, 0.5) is 10.1 Å². The van der Waals surface area contributed by atoms with E-state index in [0.717, 1.165) is 11.3 Å². The molecule has 0 saturated carbocycles. The van der Waals surface area contributed by atoms with Crippen LogP contribution in [0.2, 0.25) is 0 Å². The van der Waals surface area contributed by atoms with Crippen LogP contribution in [-0.2, 0) is 6.54 Å². The van der Waals surface area contributed by atoms with Crippen LogP contribution in [0.3, 0.4) is 0 Å². The third-order valence-electron chi connectivity index (χ3n) is 2.42. The van der Waals surface area contributed by atoms with Crippen LogP contribution in [0.25, 0.3) is 0 Å². The molecule has 0 aliphatic carbocycles. The SMILES string of the molecule is N#Cc1ccccc1NCc1cccc(F)c1. The Kier molecular flexibility index (Phi) is 3.37. The standard InChI is InChI=1S/C14H11FN2/c15-13-6-3-4-11(8-13)10-17-14-7-2-1-5-12(14)9-16/h1-8,17H,10H2. The zero-order valence-electron chi connectivity index (χ0n) is 9.15. The Morgan fingerprint density at radius 2 is 1.94 bits per heavy atom. The number of nitrogens with one attached hydrogen (secondary N) is 1. The fourth-order valence-electron chi connectivity index (χ4n) is 1.58. The van der Waals surface area contributed by atoms with Crippen LogP contribution in [0.5, 0.6) is 0 Å². The lowest BCUT2D eigenvalue weighted by Gasteiger charge is -2.07. The first-order valence-corrected chi connectivity index (χ1v) is 5.27. The second-order valence-electron chi connectivity index (χ2n) is 3.64. The molecule has 84 valence electrons. The van der Waals surface area contributed by atoms with Gasteiger partial charge in [-0.15, -0.1) is 0 Å². The number of hydrogen-bond donors (Lipinski definition) is 1. The maximum absolute atomic E-state index is 13.0. The fraction of sp³-hybridized carbons (Fsp3) is 0.0714. The average Bonchev–Trinajstić information content (AvgIpc) is 2.37. The van der Waals surface area contributed by atoms with Crippen molar-refractivity contribution >= 4 is 5.69 Å². The molecule has 0 bridgehead atoms. The maximum Gasteiger partial charge on any atom is 0.123 e. The van der Waals surface area contributed by atoms with E-state index in [2.05, 4.69) is 11.4 Å². The Morgan fingerprint density at radius 3 is 2.71 bits per heavy atom. The number of nitrogens with zero attached hydrogens (tertiary/aromatic N) is 1. The lowest BCUT2D eigenvalue weighted by atomic mass is 10.1. The molecule has 0 spiro atoms. The summed E-state index contributed by atoms with van der Waals surface area (Å²) < 4.78 is 13.0. The lowest BCUT2D eigenvalue weighted by molar-refractivity contribution is 0.626. The van der Waals surface area contributed by atoms with Gasteiger partial charge < -0.3 is 5.32 Å². The third kappa shape index (κ3) is 2.82. The normalized spacial score (nSPS) is 9.65. The summed E-state index contributed by atoms with van der Waals surface area (Å²) in [6, 6.07) is 15.7. The zero-order chi connectivity index (χ0) is 12.1. The maximum atomic E-state index is 13.0. The van der Waals surface area contributed by atoms with Crippen molar-refractivity contribution in [3.05, 3.63) is 65.5 Å². The third-order valence-corrected chi connectivity index (χ3v) is 2.42. The molecule has 0 saturated heterocycles. The van der Waals surface area contributed by atoms with Crippen molar-refractivity contribution in [2.75, 3.05) is 5.32 Å². The first-order chi connectivity index (χ1) is 8.29. The Bertz CT molecular complexity index is 558. The predicted octanol–water partition coefficient (Wildman–Crippen LogP) is 3.31. The van der Waals surface area contributed by atoms with Crippen LogP contribution in [0.1, 0.15) is 11.1 Å². The van der Waals surface area contributed by atoms with Crippen LogP contribution >= 0.6 is 0 Å². The summed E-state index contributed by atoms with van der Waals surface area (Å²) in [5, 5.41) is 12.0. The van der Waals surface area contributed by atoms with E-state index in [-0.39, 0.29) is 5.82 Å². The van der Waals surface area contributed by atoms with Gasteiger partial charge in [0.05, 0.1) is 11.3 Å². The summed E-state index contributed by atoms with van der Waals surface area (Å²) in [4.78, 5) is 0. The van der Waals surface area contributed by atoms with Crippen LogP contribution in [0.15, 0.2) is 48.5 Å². The highest BCUT2D eigenvalue weighted by molar-refractivity contribution is 5.57. The van der Waals surface area contributed by atoms with E-state index in [1.165, 1.54) is 12.1 Å². The van der Waals surface area contributed by atoms with E-state index in [4.69, 9.17) is 5.26 Å². The Labute approximate surface area is 99.3 Å². The van der Waals surface area contributed by atoms with Gasteiger partial charge in [-0.3, -0.25) is 0 Å². The number of benzene rings is 2. The largest absolute Gasteiger partial charge is 0.380 e. The van der Waals surface area contributed by atoms with Gasteiger partial charge in [-0.1, -0.05) is 24.3 Å². The Balaban J connectivity index is 2.10. The molecule has 0 atom stereocenters. The number of para-hydroxylation sites is 1. The van der Waals surface area contributed by atoms with Crippen molar-refractivity contribution in [3.63, 3.8) is 0 Å². The van der Waals surface area contributed by atoms with Crippen molar-refractivity contribution in [1.82, 2.24) is 0 Å². The molecule has 2 nitrogen and oxygen atoms in total. The van der Waals surface area contributed by atoms with Gasteiger partial charge >= 0.3 is 0 Å². The van der Waals surface area contributed by atoms with Gasteiger partial charge in [0, 0.05) is 6.54 Å². The van der Waals surface area contributed by atoms with Gasteiger partial charge in [-0.25, -0.2) is 4.39 Å². The van der Waals surface area contributed by atoms with Gasteiger partial charge in [0.15, 0.2) is 0 Å². The van der Waals surface area contributed by atoms with Gasteiger partial charge in [0.1, 0.15) is 11.9 Å². The molecule has 1 N–H and O–H groups in total. The summed E-state index contributed by atoms with van der Waals surface area (Å²) in [6.07, 6.45) is 0. The molecule has 17 heavy (non-hydrogen) atoms. The van der Waals surface area contributed by atoms with E-state index < -0.39 is 0 Å². The van der Waals surface area contributed by atoms with E-state index in [1.54, 1.807) is 12.1 Å². The Hall–Kier alpha value is -2.34. The quantitative estimate of drug-likeness (QED) is 0.871. The molecule has 0 amide bonds. The number of halogens is 1. The van der Waals surface area contributed by atoms with Crippen LogP contribution < -0.4 is 5.32 Å². The smallest absolute Gasteiger partial charge is 0.123 e. The first-order valence-electron chi connectivity index (χ1n) is 5.27. The number of hydrogen-bond acceptors (Lipinski definition) is 2. The highest BCUT2D eigenvalue weighted by atomic mass is 19.1. The molecule has 2 rings (SSSR count). The molecule has 2 aromatic rings. The molecule has 2 aromatic carbocycles. The number of rotatable bonds is 3. The molecule has 0 aliphatic rings. The van der Waals surface area contributed by atoms with Crippen molar-refractivity contribution in [1.29, 1.82) is 5.26 Å². The molecule has 0 aliphatic heterocycles. The monoisotopic (exact) mass is 226 g/mol. The minimum Gasteiger partial charge on any atom is -0.380 e. The summed E-state index contributed by atoms with van der Waals surface area (Å²) >= 11 is 0. The van der Waals surface area contributed by atoms with E-state index in [9.17, 15) is 4.39 Å². The molecule has 0 unspecified atom stereocenters. The first kappa shape index (κ1) is 11.2. The molecular formula is C14H11FN2. The number of nitriles is 1. The minimum absolute atomic E-state index is 0.252. The molecule has 0 fully saturated rings. The van der Waals surface area contributed by atoms with Gasteiger partial charge in [0.25, 0.3) is 0 Å². The van der Waals surface area contributed by atoms with E-state index in [0.29, 0.717) is 12.1 Å². The van der Waals surface area contributed by atoms with Crippen molar-refractivity contribution in [3.8, 4) is 6.07 Å². The fourth-order valence-corrected chi connectivity index (χ4v) is 1.58. The predicted molar refractivity (Wildman–Crippen MR) is 64.9 cm³/mol. The summed E-state index contributed by atoms with van der Waals surface area (Å²) in [5.74, 6) is -0.252. The summed E-state index contributed by atoms with van der Waals surface area (Å²) in [5.41, 5.74) is 2.20. The van der Waals surface area contributed by atoms with Crippen LogP contribution in [0, 0.1) is 17.1 Å². The van der Waals surface area contributed by atoms with Crippen molar-refractivity contribution in [2.24, 2.45) is 0 Å². The summed E-state index contributed by atoms with van der Waals surface area (Å²) in [6.45, 7) is 0.496. The van der Waals surface area contributed by atoms with Gasteiger partial charge in [-0.2, -0.15) is 5.26 Å². The lowest BCUT2D eigenvalue weighted by Crippen LogP contribution is -2.01. The molecule has 3 heteroatoms. The molecule has 0 aromatic heterocycles. The summed E-state index contributed by atoms with van der Waals surface area (Å²) in [7, 11) is 0.